The summed E-state index contributed by atoms with van der Waals surface area (Å²) >= 11 is 0. The molecule has 1 aliphatic heterocycles. The highest BCUT2D eigenvalue weighted by molar-refractivity contribution is 5.78. The fourth-order valence-electron chi connectivity index (χ4n) is 1.61. The number of rotatable bonds is 5. The maximum atomic E-state index is 11.2. The third-order valence-electron chi connectivity index (χ3n) is 2.37. The molecule has 0 aromatic carbocycles. The van der Waals surface area contributed by atoms with Crippen molar-refractivity contribution in [3.63, 3.8) is 0 Å². The number of ether oxygens (including phenoxy) is 1. The summed E-state index contributed by atoms with van der Waals surface area (Å²) in [5.41, 5.74) is 0. The molecule has 74 valence electrons. The van der Waals surface area contributed by atoms with Crippen molar-refractivity contribution in [2.75, 3.05) is 0 Å². The Balaban J connectivity index is 2.18. The van der Waals surface area contributed by atoms with Crippen LogP contribution in [-0.4, -0.2) is 5.97 Å². The molecular weight excluding hydrogens is 164 g/mol. The smallest absolute Gasteiger partial charge is 0.317 e. The van der Waals surface area contributed by atoms with Crippen LogP contribution in [0.4, 0.5) is 0 Å². The summed E-state index contributed by atoms with van der Waals surface area (Å²) in [7, 11) is 0. The zero-order valence-corrected chi connectivity index (χ0v) is 8.51. The van der Waals surface area contributed by atoms with Gasteiger partial charge in [0.2, 0.25) is 0 Å². The zero-order chi connectivity index (χ0) is 9.68. The van der Waals surface area contributed by atoms with E-state index in [1.54, 1.807) is 0 Å². The van der Waals surface area contributed by atoms with Crippen LogP contribution in [0.15, 0.2) is 11.8 Å². The summed E-state index contributed by atoms with van der Waals surface area (Å²) in [6, 6.07) is 0. The SMILES string of the molecule is CCCCCC[C@H]1C=C(C)OC1=O. The van der Waals surface area contributed by atoms with Crippen molar-refractivity contribution >= 4 is 5.97 Å². The quantitative estimate of drug-likeness (QED) is 0.482. The minimum Gasteiger partial charge on any atom is -0.431 e. The molecule has 0 amide bonds. The van der Waals surface area contributed by atoms with Gasteiger partial charge in [-0.3, -0.25) is 4.79 Å². The van der Waals surface area contributed by atoms with E-state index in [4.69, 9.17) is 4.74 Å². The number of hydrogen-bond donors (Lipinski definition) is 0. The van der Waals surface area contributed by atoms with Gasteiger partial charge in [-0.1, -0.05) is 32.6 Å². The minimum atomic E-state index is -0.0611. The fourth-order valence-corrected chi connectivity index (χ4v) is 1.61. The number of carbonyl (C=O) groups is 1. The number of cyclic esters (lactones) is 1. The first-order valence-corrected chi connectivity index (χ1v) is 5.14. The van der Waals surface area contributed by atoms with Gasteiger partial charge in [0.15, 0.2) is 0 Å². The average molecular weight is 182 g/mol. The van der Waals surface area contributed by atoms with Gasteiger partial charge in [-0.25, -0.2) is 0 Å². The molecule has 0 saturated heterocycles. The lowest BCUT2D eigenvalue weighted by Crippen LogP contribution is -2.07. The molecule has 13 heavy (non-hydrogen) atoms. The van der Waals surface area contributed by atoms with Crippen LogP contribution >= 0.6 is 0 Å². The van der Waals surface area contributed by atoms with E-state index in [-0.39, 0.29) is 11.9 Å². The third kappa shape index (κ3) is 3.21. The van der Waals surface area contributed by atoms with Crippen LogP contribution in [0.1, 0.15) is 46.0 Å². The van der Waals surface area contributed by atoms with Gasteiger partial charge in [0.1, 0.15) is 5.76 Å². The van der Waals surface area contributed by atoms with Gasteiger partial charge in [-0.15, -0.1) is 0 Å². The van der Waals surface area contributed by atoms with Crippen molar-refractivity contribution in [1.29, 1.82) is 0 Å². The van der Waals surface area contributed by atoms with Crippen molar-refractivity contribution in [1.82, 2.24) is 0 Å². The topological polar surface area (TPSA) is 26.3 Å². The Morgan fingerprint density at radius 3 is 2.69 bits per heavy atom. The molecular formula is C11H18O2. The van der Waals surface area contributed by atoms with Gasteiger partial charge in [0.05, 0.1) is 5.92 Å². The number of hydrogen-bond acceptors (Lipinski definition) is 2. The van der Waals surface area contributed by atoms with E-state index in [9.17, 15) is 4.79 Å². The molecule has 0 fully saturated rings. The molecule has 0 N–H and O–H groups in total. The van der Waals surface area contributed by atoms with E-state index >= 15 is 0 Å². The zero-order valence-electron chi connectivity index (χ0n) is 8.51. The summed E-state index contributed by atoms with van der Waals surface area (Å²) in [5, 5.41) is 0. The van der Waals surface area contributed by atoms with E-state index in [0.717, 1.165) is 18.6 Å². The summed E-state index contributed by atoms with van der Waals surface area (Å²) in [5.74, 6) is 0.747. The minimum absolute atomic E-state index is 0.0388. The Morgan fingerprint density at radius 2 is 2.15 bits per heavy atom. The molecule has 1 atom stereocenters. The van der Waals surface area contributed by atoms with Gasteiger partial charge < -0.3 is 4.74 Å². The van der Waals surface area contributed by atoms with Gasteiger partial charge in [0.25, 0.3) is 0 Å². The predicted octanol–water partition coefficient (Wildman–Crippen LogP) is 3.03. The van der Waals surface area contributed by atoms with Crippen molar-refractivity contribution in [3.05, 3.63) is 11.8 Å². The van der Waals surface area contributed by atoms with Crippen molar-refractivity contribution in [2.24, 2.45) is 5.92 Å². The van der Waals surface area contributed by atoms with E-state index in [2.05, 4.69) is 6.92 Å². The van der Waals surface area contributed by atoms with Crippen LogP contribution in [0, 0.1) is 5.92 Å². The number of unbranched alkanes of at least 4 members (excludes halogenated alkanes) is 3. The Hall–Kier alpha value is -0.790. The van der Waals surface area contributed by atoms with Gasteiger partial charge in [0, 0.05) is 0 Å². The third-order valence-corrected chi connectivity index (χ3v) is 2.37. The molecule has 1 rings (SSSR count). The number of esters is 1. The predicted molar refractivity (Wildman–Crippen MR) is 52.1 cm³/mol. The van der Waals surface area contributed by atoms with Crippen molar-refractivity contribution in [3.8, 4) is 0 Å². The molecule has 2 heteroatoms. The van der Waals surface area contributed by atoms with E-state index in [1.807, 2.05) is 13.0 Å². The standard InChI is InChI=1S/C11H18O2/c1-3-4-5-6-7-10-8-9(2)13-11(10)12/h8,10H,3-7H2,1-2H3/t10-/m0/s1. The van der Waals surface area contributed by atoms with Crippen LogP contribution < -0.4 is 0 Å². The first-order valence-electron chi connectivity index (χ1n) is 5.14. The van der Waals surface area contributed by atoms with Crippen LogP contribution in [-0.2, 0) is 9.53 Å². The maximum absolute atomic E-state index is 11.2. The molecule has 0 spiro atoms. The highest BCUT2D eigenvalue weighted by Crippen LogP contribution is 2.22. The molecule has 1 aliphatic rings. The summed E-state index contributed by atoms with van der Waals surface area (Å²) in [4.78, 5) is 11.2. The van der Waals surface area contributed by atoms with E-state index in [1.165, 1.54) is 19.3 Å². The summed E-state index contributed by atoms with van der Waals surface area (Å²) in [6.07, 6.45) is 7.77. The first kappa shape index (κ1) is 10.3. The molecule has 0 unspecified atom stereocenters. The first-order chi connectivity index (χ1) is 6.24. The Morgan fingerprint density at radius 1 is 1.38 bits per heavy atom. The normalized spacial score (nSPS) is 21.5. The highest BCUT2D eigenvalue weighted by atomic mass is 16.5. The van der Waals surface area contributed by atoms with Crippen LogP contribution in [0.3, 0.4) is 0 Å². The maximum Gasteiger partial charge on any atom is 0.317 e. The Labute approximate surface area is 80.0 Å². The van der Waals surface area contributed by atoms with Crippen molar-refractivity contribution in [2.45, 2.75) is 46.0 Å². The average Bonchev–Trinajstić information content (AvgIpc) is 2.39. The van der Waals surface area contributed by atoms with Crippen LogP contribution in [0.5, 0.6) is 0 Å². The van der Waals surface area contributed by atoms with E-state index < -0.39 is 0 Å². The molecule has 0 aromatic heterocycles. The van der Waals surface area contributed by atoms with Gasteiger partial charge in [-0.2, -0.15) is 0 Å². The Bertz CT molecular complexity index is 206. The molecule has 2 nitrogen and oxygen atoms in total. The number of allylic oxidation sites excluding steroid dienone is 1. The number of carbonyl (C=O) groups excluding carboxylic acids is 1. The molecule has 0 radical (unpaired) electrons. The van der Waals surface area contributed by atoms with Crippen LogP contribution in [0.2, 0.25) is 0 Å². The summed E-state index contributed by atoms with van der Waals surface area (Å²) < 4.78 is 4.95. The molecule has 0 aliphatic carbocycles. The van der Waals surface area contributed by atoms with Crippen LogP contribution in [0.25, 0.3) is 0 Å². The van der Waals surface area contributed by atoms with Crippen molar-refractivity contribution < 1.29 is 9.53 Å². The fraction of sp³-hybridized carbons (Fsp3) is 0.727. The van der Waals surface area contributed by atoms with E-state index in [0.29, 0.717) is 0 Å². The lowest BCUT2D eigenvalue weighted by Gasteiger charge is -2.03. The second-order valence-electron chi connectivity index (χ2n) is 3.65. The monoisotopic (exact) mass is 182 g/mol. The summed E-state index contributed by atoms with van der Waals surface area (Å²) in [6.45, 7) is 4.03. The van der Waals surface area contributed by atoms with Gasteiger partial charge >= 0.3 is 5.97 Å². The largest absolute Gasteiger partial charge is 0.431 e. The lowest BCUT2D eigenvalue weighted by molar-refractivity contribution is -0.140. The van der Waals surface area contributed by atoms with Gasteiger partial charge in [-0.05, 0) is 19.4 Å². The Kier molecular flexibility index (Phi) is 4.00. The lowest BCUT2D eigenvalue weighted by atomic mass is 10.0. The molecule has 0 bridgehead atoms. The second-order valence-corrected chi connectivity index (χ2v) is 3.65. The molecule has 0 saturated carbocycles. The molecule has 0 aromatic rings. The molecule has 1 heterocycles. The second kappa shape index (κ2) is 5.05. The highest BCUT2D eigenvalue weighted by Gasteiger charge is 2.23.